The average Bonchev–Trinajstić information content (AvgIpc) is 2.61. The predicted molar refractivity (Wildman–Crippen MR) is 103 cm³/mol. The van der Waals surface area contributed by atoms with Crippen molar-refractivity contribution in [1.29, 1.82) is 0 Å². The molecule has 25 heavy (non-hydrogen) atoms. The monoisotopic (exact) mass is 380 g/mol. The van der Waals surface area contributed by atoms with Gasteiger partial charge < -0.3 is 20.1 Å². The molecule has 0 aromatic heterocycles. The fraction of sp³-hybridized carbons (Fsp3) is 0.368. The van der Waals surface area contributed by atoms with Gasteiger partial charge in [0, 0.05) is 30.2 Å². The Morgan fingerprint density at radius 1 is 1.20 bits per heavy atom. The normalized spacial score (nSPS) is 20.6. The number of benzene rings is 2. The molecular weight excluding hydrogens is 359 g/mol. The molecule has 1 aliphatic rings. The summed E-state index contributed by atoms with van der Waals surface area (Å²) in [6.45, 7) is 4.16. The average molecular weight is 381 g/mol. The minimum atomic E-state index is -0.0205. The zero-order valence-electron chi connectivity index (χ0n) is 14.1. The molecule has 0 saturated carbocycles. The molecule has 1 aliphatic heterocycles. The molecule has 3 rings (SSSR count). The van der Waals surface area contributed by atoms with Crippen LogP contribution in [0.3, 0.4) is 0 Å². The molecule has 0 radical (unpaired) electrons. The van der Waals surface area contributed by atoms with Crippen LogP contribution in [0.5, 0.6) is 5.75 Å². The quantitative estimate of drug-likeness (QED) is 0.825. The van der Waals surface area contributed by atoms with E-state index in [1.165, 1.54) is 5.56 Å². The summed E-state index contributed by atoms with van der Waals surface area (Å²) in [7, 11) is 0. The van der Waals surface area contributed by atoms with E-state index in [1.54, 1.807) is 6.07 Å². The van der Waals surface area contributed by atoms with Crippen LogP contribution >= 0.6 is 23.2 Å². The number of rotatable bonds is 5. The van der Waals surface area contributed by atoms with E-state index in [0.717, 1.165) is 23.8 Å². The Balaban J connectivity index is 1.91. The molecule has 2 aromatic rings. The lowest BCUT2D eigenvalue weighted by Gasteiger charge is -2.43. The molecule has 2 unspecified atom stereocenters. The van der Waals surface area contributed by atoms with E-state index >= 15 is 0 Å². The Morgan fingerprint density at radius 2 is 1.96 bits per heavy atom. The molecule has 1 fully saturated rings. The van der Waals surface area contributed by atoms with Gasteiger partial charge in [-0.2, -0.15) is 0 Å². The van der Waals surface area contributed by atoms with Crippen LogP contribution < -0.4 is 15.0 Å². The molecule has 2 aromatic carbocycles. The molecule has 0 aliphatic carbocycles. The first kappa shape index (κ1) is 18.3. The minimum Gasteiger partial charge on any atom is -0.491 e. The Kier molecular flexibility index (Phi) is 6.07. The zero-order chi connectivity index (χ0) is 17.8. The number of hydrogen-bond donors (Lipinski definition) is 2. The molecule has 0 amide bonds. The van der Waals surface area contributed by atoms with Crippen molar-refractivity contribution in [2.45, 2.75) is 19.0 Å². The van der Waals surface area contributed by atoms with Gasteiger partial charge in [-0.25, -0.2) is 0 Å². The van der Waals surface area contributed by atoms with Crippen molar-refractivity contribution in [2.24, 2.45) is 0 Å². The van der Waals surface area contributed by atoms with Crippen molar-refractivity contribution in [3.63, 3.8) is 0 Å². The van der Waals surface area contributed by atoms with E-state index in [9.17, 15) is 0 Å². The van der Waals surface area contributed by atoms with Gasteiger partial charge in [0.2, 0.25) is 0 Å². The lowest BCUT2D eigenvalue weighted by atomic mass is 9.96. The van der Waals surface area contributed by atoms with Gasteiger partial charge in [0.15, 0.2) is 0 Å². The van der Waals surface area contributed by atoms with Gasteiger partial charge in [-0.1, -0.05) is 35.3 Å². The highest BCUT2D eigenvalue weighted by atomic mass is 35.5. The smallest absolute Gasteiger partial charge is 0.121 e. The summed E-state index contributed by atoms with van der Waals surface area (Å²) >= 11 is 12.6. The Labute approximate surface area is 158 Å². The maximum absolute atomic E-state index is 8.88. The summed E-state index contributed by atoms with van der Waals surface area (Å²) in [5.74, 6) is 0.661. The fourth-order valence-electron chi connectivity index (χ4n) is 3.31. The van der Waals surface area contributed by atoms with Crippen molar-refractivity contribution in [3.8, 4) is 5.75 Å². The first-order valence-corrected chi connectivity index (χ1v) is 9.14. The molecule has 2 atom stereocenters. The predicted octanol–water partition coefficient (Wildman–Crippen LogP) is 3.90. The Hall–Kier alpha value is -1.46. The molecule has 2 N–H and O–H groups in total. The molecule has 0 bridgehead atoms. The van der Waals surface area contributed by atoms with Crippen LogP contribution in [-0.4, -0.2) is 37.5 Å². The molecule has 6 heteroatoms. The summed E-state index contributed by atoms with van der Waals surface area (Å²) in [5, 5.41) is 13.8. The number of nitrogens with zero attached hydrogens (tertiary/aromatic N) is 1. The summed E-state index contributed by atoms with van der Waals surface area (Å²) in [5.41, 5.74) is 2.17. The molecule has 4 nitrogen and oxygen atoms in total. The molecule has 1 heterocycles. The highest BCUT2D eigenvalue weighted by Gasteiger charge is 2.31. The number of ether oxygens (including phenoxy) is 1. The van der Waals surface area contributed by atoms with E-state index in [0.29, 0.717) is 10.8 Å². The van der Waals surface area contributed by atoms with Crippen LogP contribution in [0.15, 0.2) is 42.5 Å². The van der Waals surface area contributed by atoms with Crippen LogP contribution in [0.2, 0.25) is 10.0 Å². The second kappa shape index (κ2) is 8.28. The second-order valence-corrected chi connectivity index (χ2v) is 6.96. The Morgan fingerprint density at radius 3 is 2.64 bits per heavy atom. The number of nitrogens with one attached hydrogen (secondary N) is 1. The van der Waals surface area contributed by atoms with Gasteiger partial charge in [0.1, 0.15) is 12.4 Å². The first-order valence-electron chi connectivity index (χ1n) is 8.39. The van der Waals surface area contributed by atoms with E-state index in [-0.39, 0.29) is 25.3 Å². The fourth-order valence-corrected chi connectivity index (χ4v) is 3.71. The largest absolute Gasteiger partial charge is 0.491 e. The minimum absolute atomic E-state index is 0.0205. The van der Waals surface area contributed by atoms with Crippen LogP contribution in [0.4, 0.5) is 5.69 Å². The van der Waals surface area contributed by atoms with Crippen molar-refractivity contribution < 1.29 is 9.84 Å². The third kappa shape index (κ3) is 4.21. The Bertz CT molecular complexity index is 709. The molecular formula is C19H22Cl2N2O2. The highest BCUT2D eigenvalue weighted by Crippen LogP contribution is 2.37. The SMILES string of the molecule is CC1NCCN(c2ccc(OCCO)cc2Cl)C1c1ccc(Cl)cc1. The number of aliphatic hydroxyl groups is 1. The third-order valence-corrected chi connectivity index (χ3v) is 4.98. The van der Waals surface area contributed by atoms with Crippen LogP contribution in [-0.2, 0) is 0 Å². The van der Waals surface area contributed by atoms with Crippen LogP contribution in [0.1, 0.15) is 18.5 Å². The number of piperazine rings is 1. The number of halogens is 2. The molecule has 1 saturated heterocycles. The van der Waals surface area contributed by atoms with Crippen molar-refractivity contribution in [2.75, 3.05) is 31.2 Å². The van der Waals surface area contributed by atoms with Gasteiger partial charge in [-0.3, -0.25) is 0 Å². The summed E-state index contributed by atoms with van der Waals surface area (Å²) in [6, 6.07) is 14.1. The lowest BCUT2D eigenvalue weighted by molar-refractivity contribution is 0.201. The van der Waals surface area contributed by atoms with Crippen LogP contribution in [0.25, 0.3) is 0 Å². The van der Waals surface area contributed by atoms with Crippen molar-refractivity contribution >= 4 is 28.9 Å². The zero-order valence-corrected chi connectivity index (χ0v) is 15.6. The van der Waals surface area contributed by atoms with E-state index < -0.39 is 0 Å². The van der Waals surface area contributed by atoms with Gasteiger partial charge in [-0.15, -0.1) is 0 Å². The van der Waals surface area contributed by atoms with Crippen LogP contribution in [0, 0.1) is 0 Å². The second-order valence-electron chi connectivity index (χ2n) is 6.12. The number of anilines is 1. The van der Waals surface area contributed by atoms with E-state index in [1.807, 2.05) is 24.3 Å². The number of aliphatic hydroxyl groups excluding tert-OH is 1. The summed E-state index contributed by atoms with van der Waals surface area (Å²) in [4.78, 5) is 2.32. The third-order valence-electron chi connectivity index (χ3n) is 4.43. The van der Waals surface area contributed by atoms with E-state index in [4.69, 9.17) is 33.0 Å². The van der Waals surface area contributed by atoms with E-state index in [2.05, 4.69) is 29.3 Å². The first-order chi connectivity index (χ1) is 12.1. The van der Waals surface area contributed by atoms with Crippen molar-refractivity contribution in [1.82, 2.24) is 5.32 Å². The highest BCUT2D eigenvalue weighted by molar-refractivity contribution is 6.33. The summed E-state index contributed by atoms with van der Waals surface area (Å²) < 4.78 is 5.44. The van der Waals surface area contributed by atoms with Gasteiger partial charge in [-0.05, 0) is 36.8 Å². The maximum Gasteiger partial charge on any atom is 0.121 e. The van der Waals surface area contributed by atoms with Gasteiger partial charge in [0.05, 0.1) is 23.4 Å². The molecule has 134 valence electrons. The van der Waals surface area contributed by atoms with Gasteiger partial charge >= 0.3 is 0 Å². The topological polar surface area (TPSA) is 44.7 Å². The number of hydrogen-bond acceptors (Lipinski definition) is 4. The maximum atomic E-state index is 8.88. The lowest BCUT2D eigenvalue weighted by Crippen LogP contribution is -2.51. The van der Waals surface area contributed by atoms with Gasteiger partial charge in [0.25, 0.3) is 0 Å². The summed E-state index contributed by atoms with van der Waals surface area (Å²) in [6.07, 6.45) is 0. The molecule has 0 spiro atoms. The standard InChI is InChI=1S/C19H22Cl2N2O2/c1-13-19(14-2-4-15(20)5-3-14)23(9-8-22-13)18-7-6-16(12-17(18)21)25-11-10-24/h2-7,12-13,19,22,24H,8-11H2,1H3. The van der Waals surface area contributed by atoms with Crippen molar-refractivity contribution in [3.05, 3.63) is 58.1 Å².